The molecule has 0 aromatic carbocycles. The molecular weight excluding hydrogens is 230 g/mol. The van der Waals surface area contributed by atoms with Crippen molar-refractivity contribution in [3.8, 4) is 0 Å². The Morgan fingerprint density at radius 3 is 2.67 bits per heavy atom. The molecule has 1 aliphatic carbocycles. The molecule has 1 aromatic heterocycles. The molecule has 5 heteroatoms. The van der Waals surface area contributed by atoms with E-state index in [-0.39, 0.29) is 6.04 Å². The summed E-state index contributed by atoms with van der Waals surface area (Å²) in [4.78, 5) is 16.5. The summed E-state index contributed by atoms with van der Waals surface area (Å²) >= 11 is 0. The first-order valence-corrected chi connectivity index (χ1v) is 6.30. The summed E-state index contributed by atoms with van der Waals surface area (Å²) in [5, 5.41) is 12.3. The maximum atomic E-state index is 10.9. The van der Waals surface area contributed by atoms with Gasteiger partial charge in [0.05, 0.1) is 0 Å². The normalized spacial score (nSPS) is 23.4. The zero-order valence-electron chi connectivity index (χ0n) is 10.5. The first kappa shape index (κ1) is 12.7. The summed E-state index contributed by atoms with van der Waals surface area (Å²) in [6.45, 7) is 0. The van der Waals surface area contributed by atoms with Crippen molar-refractivity contribution in [3.63, 3.8) is 0 Å². The molecule has 0 atom stereocenters. The molecule has 1 aliphatic rings. The van der Waals surface area contributed by atoms with Crippen molar-refractivity contribution in [3.05, 3.63) is 24.4 Å². The van der Waals surface area contributed by atoms with Gasteiger partial charge in [-0.25, -0.2) is 9.78 Å². The fourth-order valence-electron chi connectivity index (χ4n) is 2.42. The molecule has 0 radical (unpaired) electrons. The molecule has 0 saturated heterocycles. The maximum Gasteiger partial charge on any atom is 0.407 e. The average Bonchev–Trinajstić information content (AvgIpc) is 2.40. The second-order valence-electron chi connectivity index (χ2n) is 4.76. The van der Waals surface area contributed by atoms with Gasteiger partial charge in [-0.15, -0.1) is 0 Å². The highest BCUT2D eigenvalue weighted by atomic mass is 16.4. The van der Waals surface area contributed by atoms with E-state index in [1.807, 2.05) is 18.2 Å². The van der Waals surface area contributed by atoms with Gasteiger partial charge < -0.3 is 15.3 Å². The average molecular weight is 249 g/mol. The minimum atomic E-state index is -0.837. The van der Waals surface area contributed by atoms with E-state index < -0.39 is 6.09 Å². The number of carboxylic acid groups (broad SMARTS) is 1. The number of hydrogen-bond donors (Lipinski definition) is 2. The molecule has 2 rings (SSSR count). The summed E-state index contributed by atoms with van der Waals surface area (Å²) in [6.07, 6.45) is 4.72. The molecule has 1 amide bonds. The molecule has 18 heavy (non-hydrogen) atoms. The Bertz CT molecular complexity index is 388. The molecule has 0 unspecified atom stereocenters. The number of aromatic nitrogens is 1. The summed E-state index contributed by atoms with van der Waals surface area (Å²) < 4.78 is 0. The number of rotatable bonds is 3. The van der Waals surface area contributed by atoms with E-state index in [0.717, 1.165) is 31.5 Å². The zero-order chi connectivity index (χ0) is 13.0. The van der Waals surface area contributed by atoms with E-state index in [4.69, 9.17) is 5.11 Å². The second-order valence-corrected chi connectivity index (χ2v) is 4.76. The third kappa shape index (κ3) is 3.12. The van der Waals surface area contributed by atoms with Crippen LogP contribution in [0, 0.1) is 0 Å². The van der Waals surface area contributed by atoms with Gasteiger partial charge in [0.1, 0.15) is 5.82 Å². The SMILES string of the molecule is CN(C(=O)O)[C@H]1CC[C@H](Nc2ccccn2)CC1. The topological polar surface area (TPSA) is 65.5 Å². The van der Waals surface area contributed by atoms with Crippen LogP contribution in [0.15, 0.2) is 24.4 Å². The Morgan fingerprint density at radius 2 is 2.11 bits per heavy atom. The molecule has 1 saturated carbocycles. The second kappa shape index (κ2) is 5.71. The predicted octanol–water partition coefficient (Wildman–Crippen LogP) is 2.41. The Labute approximate surface area is 107 Å². The van der Waals surface area contributed by atoms with E-state index in [0.29, 0.717) is 6.04 Å². The standard InChI is InChI=1S/C13H19N3O2/c1-16(13(17)18)11-7-5-10(6-8-11)15-12-4-2-3-9-14-12/h2-4,9-11H,5-8H2,1H3,(H,14,15)(H,17,18)/t10-,11-. The Balaban J connectivity index is 1.82. The van der Waals surface area contributed by atoms with Crippen molar-refractivity contribution >= 4 is 11.9 Å². The molecule has 1 heterocycles. The van der Waals surface area contributed by atoms with Gasteiger partial charge in [0.25, 0.3) is 0 Å². The minimum Gasteiger partial charge on any atom is -0.465 e. The van der Waals surface area contributed by atoms with Gasteiger partial charge in [0, 0.05) is 25.3 Å². The lowest BCUT2D eigenvalue weighted by Crippen LogP contribution is -2.40. The largest absolute Gasteiger partial charge is 0.465 e. The third-order valence-electron chi connectivity index (χ3n) is 3.56. The number of amides is 1. The number of nitrogens with one attached hydrogen (secondary N) is 1. The monoisotopic (exact) mass is 249 g/mol. The van der Waals surface area contributed by atoms with Crippen LogP contribution in [0.5, 0.6) is 0 Å². The van der Waals surface area contributed by atoms with Gasteiger partial charge in [-0.2, -0.15) is 0 Å². The number of anilines is 1. The molecule has 5 nitrogen and oxygen atoms in total. The van der Waals surface area contributed by atoms with Crippen LogP contribution >= 0.6 is 0 Å². The van der Waals surface area contributed by atoms with Crippen LogP contribution in [0.2, 0.25) is 0 Å². The Hall–Kier alpha value is -1.78. The quantitative estimate of drug-likeness (QED) is 0.863. The van der Waals surface area contributed by atoms with Crippen LogP contribution in [-0.4, -0.2) is 40.2 Å². The van der Waals surface area contributed by atoms with Crippen molar-refractivity contribution < 1.29 is 9.90 Å². The summed E-state index contributed by atoms with van der Waals surface area (Å²) in [7, 11) is 1.65. The van der Waals surface area contributed by atoms with Crippen LogP contribution in [0.4, 0.5) is 10.6 Å². The highest BCUT2D eigenvalue weighted by Crippen LogP contribution is 2.24. The van der Waals surface area contributed by atoms with Gasteiger partial charge in [-0.3, -0.25) is 0 Å². The van der Waals surface area contributed by atoms with Crippen LogP contribution in [0.1, 0.15) is 25.7 Å². The predicted molar refractivity (Wildman–Crippen MR) is 69.7 cm³/mol. The lowest BCUT2D eigenvalue weighted by Gasteiger charge is -2.33. The zero-order valence-corrected chi connectivity index (χ0v) is 10.5. The van der Waals surface area contributed by atoms with Gasteiger partial charge in [0.2, 0.25) is 0 Å². The maximum absolute atomic E-state index is 10.9. The molecular formula is C13H19N3O2. The van der Waals surface area contributed by atoms with Gasteiger partial charge >= 0.3 is 6.09 Å². The Kier molecular flexibility index (Phi) is 4.02. The number of nitrogens with zero attached hydrogens (tertiary/aromatic N) is 2. The van der Waals surface area contributed by atoms with Gasteiger partial charge in [-0.1, -0.05) is 6.07 Å². The molecule has 1 fully saturated rings. The number of hydrogen-bond acceptors (Lipinski definition) is 3. The number of pyridine rings is 1. The van der Waals surface area contributed by atoms with E-state index in [1.165, 1.54) is 4.90 Å². The van der Waals surface area contributed by atoms with Crippen molar-refractivity contribution in [2.24, 2.45) is 0 Å². The third-order valence-corrected chi connectivity index (χ3v) is 3.56. The van der Waals surface area contributed by atoms with Crippen molar-refractivity contribution in [2.75, 3.05) is 12.4 Å². The van der Waals surface area contributed by atoms with Crippen LogP contribution in [-0.2, 0) is 0 Å². The van der Waals surface area contributed by atoms with Gasteiger partial charge in [-0.05, 0) is 37.8 Å². The fourth-order valence-corrected chi connectivity index (χ4v) is 2.42. The van der Waals surface area contributed by atoms with Gasteiger partial charge in [0.15, 0.2) is 0 Å². The van der Waals surface area contributed by atoms with Crippen molar-refractivity contribution in [2.45, 2.75) is 37.8 Å². The van der Waals surface area contributed by atoms with Crippen LogP contribution in [0.3, 0.4) is 0 Å². The van der Waals surface area contributed by atoms with E-state index in [9.17, 15) is 4.79 Å². The molecule has 0 bridgehead atoms. The van der Waals surface area contributed by atoms with Crippen LogP contribution < -0.4 is 5.32 Å². The van der Waals surface area contributed by atoms with Crippen molar-refractivity contribution in [1.29, 1.82) is 0 Å². The van der Waals surface area contributed by atoms with Crippen molar-refractivity contribution in [1.82, 2.24) is 9.88 Å². The smallest absolute Gasteiger partial charge is 0.407 e. The number of carbonyl (C=O) groups is 1. The first-order valence-electron chi connectivity index (χ1n) is 6.30. The fraction of sp³-hybridized carbons (Fsp3) is 0.538. The molecule has 1 aromatic rings. The molecule has 0 aliphatic heterocycles. The molecule has 98 valence electrons. The highest BCUT2D eigenvalue weighted by molar-refractivity contribution is 5.64. The molecule has 0 spiro atoms. The Morgan fingerprint density at radius 1 is 1.39 bits per heavy atom. The summed E-state index contributed by atoms with van der Waals surface area (Å²) in [6, 6.07) is 6.36. The lowest BCUT2D eigenvalue weighted by molar-refractivity contribution is 0.125. The minimum absolute atomic E-state index is 0.157. The summed E-state index contributed by atoms with van der Waals surface area (Å²) in [5.41, 5.74) is 0. The summed E-state index contributed by atoms with van der Waals surface area (Å²) in [5.74, 6) is 0.896. The van der Waals surface area contributed by atoms with E-state index >= 15 is 0 Å². The molecule has 2 N–H and O–H groups in total. The van der Waals surface area contributed by atoms with E-state index in [1.54, 1.807) is 13.2 Å². The van der Waals surface area contributed by atoms with E-state index in [2.05, 4.69) is 10.3 Å². The lowest BCUT2D eigenvalue weighted by atomic mass is 9.90. The first-order chi connectivity index (χ1) is 8.66. The highest BCUT2D eigenvalue weighted by Gasteiger charge is 2.26. The van der Waals surface area contributed by atoms with Crippen LogP contribution in [0.25, 0.3) is 0 Å².